The molecule has 0 radical (unpaired) electrons. The van der Waals surface area contributed by atoms with Gasteiger partial charge in [0, 0.05) is 24.5 Å². The quantitative estimate of drug-likeness (QED) is 0.842. The van der Waals surface area contributed by atoms with Crippen LogP contribution in [0.15, 0.2) is 36.4 Å². The molecule has 0 amide bonds. The number of nitrogens with zero attached hydrogens (tertiary/aromatic N) is 2. The highest BCUT2D eigenvalue weighted by Crippen LogP contribution is 2.38. The van der Waals surface area contributed by atoms with Crippen LogP contribution in [0.1, 0.15) is 24.8 Å². The minimum atomic E-state index is -0.393. The minimum absolute atomic E-state index is 0.178. The number of rotatable bonds is 2. The van der Waals surface area contributed by atoms with Gasteiger partial charge in [0.25, 0.3) is 0 Å². The Morgan fingerprint density at radius 1 is 1.08 bits per heavy atom. The van der Waals surface area contributed by atoms with Crippen molar-refractivity contribution in [2.24, 2.45) is 0 Å². The highest BCUT2D eigenvalue weighted by Gasteiger charge is 2.37. The first-order valence-electron chi connectivity index (χ1n) is 8.01. The lowest BCUT2D eigenvalue weighted by Gasteiger charge is -2.30. The summed E-state index contributed by atoms with van der Waals surface area (Å²) in [5.41, 5.74) is 9.87. The standard InChI is InChI=1S/C18H18ClN3O2/c19-16-11-15(21-17(20)22-16)14-3-1-2-13(10-14)12-4-6-18(7-5-12)23-8-9-24-18/h1-4,10-11H,5-9H2,(H2,20,21,22). The number of ether oxygens (including phenoxy) is 2. The van der Waals surface area contributed by atoms with Crippen LogP contribution in [0.5, 0.6) is 0 Å². The maximum atomic E-state index is 5.99. The highest BCUT2D eigenvalue weighted by atomic mass is 35.5. The maximum absolute atomic E-state index is 5.99. The minimum Gasteiger partial charge on any atom is -0.368 e. The Kier molecular flexibility index (Phi) is 4.00. The van der Waals surface area contributed by atoms with Crippen LogP contribution in [0.3, 0.4) is 0 Å². The number of allylic oxidation sites excluding steroid dienone is 1. The summed E-state index contributed by atoms with van der Waals surface area (Å²) in [7, 11) is 0. The molecule has 1 fully saturated rings. The monoisotopic (exact) mass is 343 g/mol. The molecule has 2 aromatic rings. The third-order valence-electron chi connectivity index (χ3n) is 4.49. The molecule has 1 spiro atoms. The van der Waals surface area contributed by atoms with Gasteiger partial charge in [-0.25, -0.2) is 9.97 Å². The Morgan fingerprint density at radius 3 is 2.58 bits per heavy atom. The summed E-state index contributed by atoms with van der Waals surface area (Å²) < 4.78 is 11.5. The summed E-state index contributed by atoms with van der Waals surface area (Å²) in [5.74, 6) is -0.215. The van der Waals surface area contributed by atoms with Crippen LogP contribution in [0.25, 0.3) is 16.8 Å². The van der Waals surface area contributed by atoms with Gasteiger partial charge in [0.15, 0.2) is 5.79 Å². The van der Waals surface area contributed by atoms with Crippen molar-refractivity contribution in [1.82, 2.24) is 9.97 Å². The van der Waals surface area contributed by atoms with Gasteiger partial charge >= 0.3 is 0 Å². The van der Waals surface area contributed by atoms with E-state index in [0.29, 0.717) is 18.4 Å². The molecule has 2 heterocycles. The van der Waals surface area contributed by atoms with Crippen LogP contribution in [-0.2, 0) is 9.47 Å². The van der Waals surface area contributed by atoms with Crippen LogP contribution in [0.4, 0.5) is 5.95 Å². The van der Waals surface area contributed by atoms with Gasteiger partial charge in [-0.15, -0.1) is 0 Å². The van der Waals surface area contributed by atoms with Crippen molar-refractivity contribution in [3.63, 3.8) is 0 Å². The molecule has 1 aromatic heterocycles. The van der Waals surface area contributed by atoms with Gasteiger partial charge in [-0.3, -0.25) is 0 Å². The second kappa shape index (κ2) is 6.16. The van der Waals surface area contributed by atoms with E-state index in [1.54, 1.807) is 6.07 Å². The van der Waals surface area contributed by atoms with E-state index >= 15 is 0 Å². The lowest BCUT2D eigenvalue weighted by molar-refractivity contribution is -0.159. The average Bonchev–Trinajstić information content (AvgIpc) is 3.03. The normalized spacial score (nSPS) is 19.5. The molecule has 1 aliphatic heterocycles. The van der Waals surface area contributed by atoms with Crippen molar-refractivity contribution >= 4 is 23.1 Å². The first-order chi connectivity index (χ1) is 11.6. The zero-order valence-corrected chi connectivity index (χ0v) is 13.9. The van der Waals surface area contributed by atoms with Crippen LogP contribution in [-0.4, -0.2) is 29.0 Å². The van der Waals surface area contributed by atoms with E-state index < -0.39 is 5.79 Å². The number of nitrogen functional groups attached to an aromatic ring is 1. The molecule has 0 saturated carbocycles. The van der Waals surface area contributed by atoms with Crippen molar-refractivity contribution in [3.8, 4) is 11.3 Å². The number of halogens is 1. The molecule has 24 heavy (non-hydrogen) atoms. The largest absolute Gasteiger partial charge is 0.368 e. The van der Waals surface area contributed by atoms with Crippen LogP contribution < -0.4 is 5.73 Å². The molecule has 0 atom stereocenters. The molecule has 5 nitrogen and oxygen atoms in total. The Labute approximate surface area is 145 Å². The predicted molar refractivity (Wildman–Crippen MR) is 93.4 cm³/mol. The number of hydrogen-bond acceptors (Lipinski definition) is 5. The molecule has 0 bridgehead atoms. The van der Waals surface area contributed by atoms with E-state index in [2.05, 4.69) is 28.2 Å². The van der Waals surface area contributed by atoms with Crippen molar-refractivity contribution < 1.29 is 9.47 Å². The van der Waals surface area contributed by atoms with E-state index in [9.17, 15) is 0 Å². The average molecular weight is 344 g/mol. The lowest BCUT2D eigenvalue weighted by Crippen LogP contribution is -2.31. The SMILES string of the molecule is Nc1nc(Cl)cc(-c2cccc(C3=CCC4(CC3)OCCO4)c2)n1. The molecule has 2 aliphatic rings. The molecule has 0 unspecified atom stereocenters. The summed E-state index contributed by atoms with van der Waals surface area (Å²) in [6, 6.07) is 9.95. The number of aromatic nitrogens is 2. The van der Waals surface area contributed by atoms with E-state index in [1.807, 2.05) is 12.1 Å². The van der Waals surface area contributed by atoms with Crippen LogP contribution >= 0.6 is 11.6 Å². The Balaban J connectivity index is 1.62. The lowest BCUT2D eigenvalue weighted by atomic mass is 9.89. The second-order valence-corrected chi connectivity index (χ2v) is 6.44. The topological polar surface area (TPSA) is 70.3 Å². The molecule has 1 aliphatic carbocycles. The first kappa shape index (κ1) is 15.6. The Morgan fingerprint density at radius 2 is 1.88 bits per heavy atom. The Hall–Kier alpha value is -1.95. The molecule has 6 heteroatoms. The van der Waals surface area contributed by atoms with Crippen LogP contribution in [0.2, 0.25) is 5.15 Å². The predicted octanol–water partition coefficient (Wildman–Crippen LogP) is 3.69. The van der Waals surface area contributed by atoms with Gasteiger partial charge in [-0.05, 0) is 23.6 Å². The van der Waals surface area contributed by atoms with Gasteiger partial charge in [0.2, 0.25) is 5.95 Å². The van der Waals surface area contributed by atoms with E-state index in [-0.39, 0.29) is 5.95 Å². The molecule has 124 valence electrons. The van der Waals surface area contributed by atoms with Gasteiger partial charge in [-0.2, -0.15) is 0 Å². The number of anilines is 1. The van der Waals surface area contributed by atoms with Gasteiger partial charge in [0.05, 0.1) is 18.9 Å². The second-order valence-electron chi connectivity index (χ2n) is 6.06. The molecule has 2 N–H and O–H groups in total. The molecule has 1 aromatic carbocycles. The molecular weight excluding hydrogens is 326 g/mol. The molecule has 4 rings (SSSR count). The fraction of sp³-hybridized carbons (Fsp3) is 0.333. The number of nitrogens with two attached hydrogens (primary N) is 1. The zero-order valence-electron chi connectivity index (χ0n) is 13.2. The summed E-state index contributed by atoms with van der Waals surface area (Å²) in [6.45, 7) is 1.38. The third-order valence-corrected chi connectivity index (χ3v) is 4.68. The summed E-state index contributed by atoms with van der Waals surface area (Å²) in [4.78, 5) is 8.18. The summed E-state index contributed by atoms with van der Waals surface area (Å²) in [5, 5.41) is 0.345. The summed E-state index contributed by atoms with van der Waals surface area (Å²) >= 11 is 5.99. The molecule has 1 saturated heterocycles. The van der Waals surface area contributed by atoms with Crippen molar-refractivity contribution in [2.75, 3.05) is 18.9 Å². The summed E-state index contributed by atoms with van der Waals surface area (Å²) in [6.07, 6.45) is 4.82. The number of hydrogen-bond donors (Lipinski definition) is 1. The van der Waals surface area contributed by atoms with E-state index in [4.69, 9.17) is 26.8 Å². The first-order valence-corrected chi connectivity index (χ1v) is 8.39. The van der Waals surface area contributed by atoms with Gasteiger partial charge in [0.1, 0.15) is 5.15 Å². The molecular formula is C18H18ClN3O2. The fourth-order valence-corrected chi connectivity index (χ4v) is 3.48. The third kappa shape index (κ3) is 3.02. The van der Waals surface area contributed by atoms with Gasteiger partial charge in [-0.1, -0.05) is 35.9 Å². The zero-order chi connectivity index (χ0) is 16.6. The van der Waals surface area contributed by atoms with Crippen molar-refractivity contribution in [1.29, 1.82) is 0 Å². The van der Waals surface area contributed by atoms with Crippen LogP contribution in [0, 0.1) is 0 Å². The van der Waals surface area contributed by atoms with Crippen molar-refractivity contribution in [3.05, 3.63) is 47.1 Å². The van der Waals surface area contributed by atoms with Gasteiger partial charge < -0.3 is 15.2 Å². The Bertz CT molecular complexity index is 780. The van der Waals surface area contributed by atoms with E-state index in [1.165, 1.54) is 11.1 Å². The smallest absolute Gasteiger partial charge is 0.221 e. The fourth-order valence-electron chi connectivity index (χ4n) is 3.29. The number of benzene rings is 1. The van der Waals surface area contributed by atoms with Crippen molar-refractivity contribution in [2.45, 2.75) is 25.0 Å². The highest BCUT2D eigenvalue weighted by molar-refractivity contribution is 6.29. The maximum Gasteiger partial charge on any atom is 0.221 e. The van der Waals surface area contributed by atoms with E-state index in [0.717, 1.165) is 30.5 Å².